The topological polar surface area (TPSA) is 81.7 Å². The number of likely N-dealkylation sites (tertiary alicyclic amines) is 1. The number of aryl methyl sites for hydroxylation is 1. The van der Waals surface area contributed by atoms with E-state index in [9.17, 15) is 14.7 Å². The van der Waals surface area contributed by atoms with Crippen molar-refractivity contribution < 1.29 is 14.7 Å². The fraction of sp³-hybridized carbons (Fsp3) is 0.500. The second-order valence-corrected chi connectivity index (χ2v) is 8.14. The SMILES string of the molecule is Cc1cc(C(=O)C(C)(C)C)ccc1NC1=C(O)CC(C(=O)N2CCC2)N1. The first-order valence-electron chi connectivity index (χ1n) is 9.07. The monoisotopic (exact) mass is 357 g/mol. The van der Waals surface area contributed by atoms with E-state index in [2.05, 4.69) is 10.6 Å². The van der Waals surface area contributed by atoms with Crippen LogP contribution in [0.5, 0.6) is 0 Å². The zero-order valence-corrected chi connectivity index (χ0v) is 15.8. The van der Waals surface area contributed by atoms with E-state index in [1.54, 1.807) is 11.0 Å². The summed E-state index contributed by atoms with van der Waals surface area (Å²) in [6.45, 7) is 9.20. The van der Waals surface area contributed by atoms with Crippen LogP contribution in [0.25, 0.3) is 0 Å². The Morgan fingerprint density at radius 1 is 1.27 bits per heavy atom. The van der Waals surface area contributed by atoms with E-state index in [4.69, 9.17) is 0 Å². The van der Waals surface area contributed by atoms with E-state index >= 15 is 0 Å². The lowest BCUT2D eigenvalue weighted by Gasteiger charge is -2.33. The second-order valence-electron chi connectivity index (χ2n) is 8.14. The molecule has 3 rings (SSSR count). The Hall–Kier alpha value is -2.50. The molecule has 6 heteroatoms. The van der Waals surface area contributed by atoms with Crippen LogP contribution in [0, 0.1) is 12.3 Å². The van der Waals surface area contributed by atoms with Crippen molar-refractivity contribution in [3.05, 3.63) is 40.9 Å². The van der Waals surface area contributed by atoms with Crippen LogP contribution >= 0.6 is 0 Å². The number of hydrogen-bond acceptors (Lipinski definition) is 5. The maximum atomic E-state index is 12.4. The van der Waals surface area contributed by atoms with Gasteiger partial charge < -0.3 is 20.6 Å². The second kappa shape index (κ2) is 6.67. The summed E-state index contributed by atoms with van der Waals surface area (Å²) in [4.78, 5) is 26.5. The van der Waals surface area contributed by atoms with Gasteiger partial charge in [0.05, 0.1) is 0 Å². The van der Waals surface area contributed by atoms with E-state index in [1.165, 1.54) is 0 Å². The third-order valence-corrected chi connectivity index (χ3v) is 4.90. The van der Waals surface area contributed by atoms with Crippen molar-refractivity contribution in [3.8, 4) is 0 Å². The van der Waals surface area contributed by atoms with Crippen molar-refractivity contribution >= 4 is 17.4 Å². The van der Waals surface area contributed by atoms with Gasteiger partial charge in [0.25, 0.3) is 0 Å². The number of carbonyl (C=O) groups excluding carboxylic acids is 2. The molecule has 0 aromatic heterocycles. The molecule has 6 nitrogen and oxygen atoms in total. The van der Waals surface area contributed by atoms with Gasteiger partial charge in [-0.05, 0) is 37.1 Å². The molecule has 0 spiro atoms. The summed E-state index contributed by atoms with van der Waals surface area (Å²) in [5, 5.41) is 16.5. The minimum Gasteiger partial charge on any atom is -0.508 e. The standard InChI is InChI=1S/C20H27N3O3/c1-12-10-13(17(25)20(2,3)4)6-7-14(12)21-18-16(24)11-15(22-18)19(26)23-8-5-9-23/h6-7,10,15,21-22,24H,5,8-9,11H2,1-4H3. The molecule has 3 N–H and O–H groups in total. The third kappa shape index (κ3) is 3.54. The number of Topliss-reactive ketones (excluding diaryl/α,β-unsaturated/α-hetero) is 1. The number of nitrogens with one attached hydrogen (secondary N) is 2. The van der Waals surface area contributed by atoms with Gasteiger partial charge in [-0.2, -0.15) is 0 Å². The minimum absolute atomic E-state index is 0.0300. The summed E-state index contributed by atoms with van der Waals surface area (Å²) in [7, 11) is 0. The molecular weight excluding hydrogens is 330 g/mol. The molecule has 2 aliphatic heterocycles. The van der Waals surface area contributed by atoms with Crippen molar-refractivity contribution in [1.29, 1.82) is 0 Å². The Kier molecular flexibility index (Phi) is 4.69. The normalized spacial score (nSPS) is 19.8. The van der Waals surface area contributed by atoms with Crippen LogP contribution in [0.4, 0.5) is 5.69 Å². The predicted octanol–water partition coefficient (Wildman–Crippen LogP) is 2.96. The maximum Gasteiger partial charge on any atom is 0.245 e. The highest BCUT2D eigenvalue weighted by Crippen LogP contribution is 2.27. The van der Waals surface area contributed by atoms with Gasteiger partial charge >= 0.3 is 0 Å². The van der Waals surface area contributed by atoms with Crippen LogP contribution < -0.4 is 10.6 Å². The molecule has 1 amide bonds. The van der Waals surface area contributed by atoms with Crippen LogP contribution in [-0.4, -0.2) is 40.8 Å². The van der Waals surface area contributed by atoms with Gasteiger partial charge in [-0.15, -0.1) is 0 Å². The lowest BCUT2D eigenvalue weighted by molar-refractivity contribution is -0.136. The summed E-state index contributed by atoms with van der Waals surface area (Å²) >= 11 is 0. The molecule has 1 unspecified atom stereocenters. The Morgan fingerprint density at radius 2 is 1.96 bits per heavy atom. The average Bonchev–Trinajstić information content (AvgIpc) is 2.87. The van der Waals surface area contributed by atoms with Crippen molar-refractivity contribution in [1.82, 2.24) is 10.2 Å². The molecule has 0 saturated carbocycles. The Balaban J connectivity index is 1.70. The number of anilines is 1. The van der Waals surface area contributed by atoms with Crippen LogP contribution in [0.2, 0.25) is 0 Å². The molecule has 1 aromatic rings. The quantitative estimate of drug-likeness (QED) is 0.722. The smallest absolute Gasteiger partial charge is 0.245 e. The summed E-state index contributed by atoms with van der Waals surface area (Å²) < 4.78 is 0. The molecule has 0 radical (unpaired) electrons. The Labute approximate surface area is 154 Å². The predicted molar refractivity (Wildman–Crippen MR) is 101 cm³/mol. The highest BCUT2D eigenvalue weighted by molar-refractivity contribution is 6.00. The first kappa shape index (κ1) is 18.3. The lowest BCUT2D eigenvalue weighted by atomic mass is 9.86. The molecule has 1 fully saturated rings. The van der Waals surface area contributed by atoms with Gasteiger partial charge in [0, 0.05) is 36.2 Å². The molecule has 0 aliphatic carbocycles. The summed E-state index contributed by atoms with van der Waals surface area (Å²) in [5.41, 5.74) is 1.94. The molecule has 1 saturated heterocycles. The number of rotatable bonds is 4. The van der Waals surface area contributed by atoms with Gasteiger partial charge in [0.15, 0.2) is 5.78 Å². The summed E-state index contributed by atoms with van der Waals surface area (Å²) in [6, 6.07) is 5.06. The molecule has 0 bridgehead atoms. The van der Waals surface area contributed by atoms with Crippen LogP contribution in [0.1, 0.15) is 49.5 Å². The van der Waals surface area contributed by atoms with Crippen LogP contribution in [0.15, 0.2) is 29.8 Å². The van der Waals surface area contributed by atoms with E-state index < -0.39 is 11.5 Å². The number of carbonyl (C=O) groups is 2. The third-order valence-electron chi connectivity index (χ3n) is 4.90. The Bertz CT molecular complexity index is 773. The van der Waals surface area contributed by atoms with Gasteiger partial charge in [-0.3, -0.25) is 9.59 Å². The number of amides is 1. The summed E-state index contributed by atoms with van der Waals surface area (Å²) in [5.74, 6) is 0.732. The highest BCUT2D eigenvalue weighted by Gasteiger charge is 2.34. The van der Waals surface area contributed by atoms with E-state index in [-0.39, 0.29) is 23.9 Å². The van der Waals surface area contributed by atoms with E-state index in [0.29, 0.717) is 11.4 Å². The molecule has 26 heavy (non-hydrogen) atoms. The zero-order chi connectivity index (χ0) is 19.1. The van der Waals surface area contributed by atoms with Gasteiger partial charge in [0.2, 0.25) is 5.91 Å². The first-order valence-corrected chi connectivity index (χ1v) is 9.07. The summed E-state index contributed by atoms with van der Waals surface area (Å²) in [6.07, 6.45) is 1.33. The van der Waals surface area contributed by atoms with Gasteiger partial charge in [0.1, 0.15) is 17.6 Å². The van der Waals surface area contributed by atoms with Crippen LogP contribution in [-0.2, 0) is 4.79 Å². The molecule has 1 atom stereocenters. The highest BCUT2D eigenvalue weighted by atomic mass is 16.3. The molecule has 2 aliphatic rings. The fourth-order valence-corrected chi connectivity index (χ4v) is 3.13. The number of aliphatic hydroxyl groups is 1. The number of hydrogen-bond donors (Lipinski definition) is 3. The first-order chi connectivity index (χ1) is 12.2. The molecule has 2 heterocycles. The molecule has 140 valence electrons. The lowest BCUT2D eigenvalue weighted by Crippen LogP contribution is -2.50. The average molecular weight is 357 g/mol. The van der Waals surface area contributed by atoms with Gasteiger partial charge in [-0.1, -0.05) is 20.8 Å². The number of aliphatic hydroxyl groups excluding tert-OH is 1. The van der Waals surface area contributed by atoms with Gasteiger partial charge in [-0.25, -0.2) is 0 Å². The number of nitrogens with zero attached hydrogens (tertiary/aromatic N) is 1. The number of ketones is 1. The Morgan fingerprint density at radius 3 is 2.50 bits per heavy atom. The minimum atomic E-state index is -0.431. The fourth-order valence-electron chi connectivity index (χ4n) is 3.13. The van der Waals surface area contributed by atoms with Crippen molar-refractivity contribution in [2.24, 2.45) is 5.41 Å². The largest absolute Gasteiger partial charge is 0.508 e. The van der Waals surface area contributed by atoms with E-state index in [0.717, 1.165) is 30.8 Å². The molecule has 1 aromatic carbocycles. The van der Waals surface area contributed by atoms with Crippen LogP contribution in [0.3, 0.4) is 0 Å². The van der Waals surface area contributed by atoms with E-state index in [1.807, 2.05) is 39.8 Å². The zero-order valence-electron chi connectivity index (χ0n) is 15.8. The number of benzene rings is 1. The van der Waals surface area contributed by atoms with Crippen molar-refractivity contribution in [3.63, 3.8) is 0 Å². The maximum absolute atomic E-state index is 12.4. The van der Waals surface area contributed by atoms with Crippen molar-refractivity contribution in [2.45, 2.75) is 46.6 Å². The molecular formula is C20H27N3O3. The van der Waals surface area contributed by atoms with Crippen molar-refractivity contribution in [2.75, 3.05) is 18.4 Å².